The number of carboxylic acid groups (broad SMARTS) is 2. The maximum absolute atomic E-state index is 13.0. The van der Waals surface area contributed by atoms with Gasteiger partial charge in [-0.25, -0.2) is 4.79 Å². The molecule has 2 aliphatic rings. The monoisotopic (exact) mass is 388 g/mol. The molecule has 1 aromatic carbocycles. The molecule has 28 heavy (non-hydrogen) atoms. The normalized spacial score (nSPS) is 25.9. The number of nitrogens with one attached hydrogen (secondary N) is 1. The van der Waals surface area contributed by atoms with E-state index >= 15 is 0 Å². The first kappa shape index (κ1) is 20.3. The Hall–Kier alpha value is -2.41. The van der Waals surface area contributed by atoms with Gasteiger partial charge in [-0.3, -0.25) is 14.9 Å². The van der Waals surface area contributed by atoms with Gasteiger partial charge in [0.2, 0.25) is 5.91 Å². The van der Waals surface area contributed by atoms with Crippen LogP contribution in [0.4, 0.5) is 0 Å². The Morgan fingerprint density at radius 3 is 2.54 bits per heavy atom. The maximum atomic E-state index is 13.0. The van der Waals surface area contributed by atoms with Crippen molar-refractivity contribution in [2.24, 2.45) is 5.92 Å². The van der Waals surface area contributed by atoms with Crippen molar-refractivity contribution in [3.8, 4) is 0 Å². The number of benzene rings is 1. The van der Waals surface area contributed by atoms with Crippen LogP contribution >= 0.6 is 0 Å². The molecule has 2 fully saturated rings. The minimum absolute atomic E-state index is 0.0366. The van der Waals surface area contributed by atoms with Gasteiger partial charge in [-0.1, -0.05) is 36.8 Å². The second-order valence-electron chi connectivity index (χ2n) is 7.90. The topological polar surface area (TPSA) is 107 Å². The van der Waals surface area contributed by atoms with E-state index < -0.39 is 30.1 Å². The molecule has 0 spiro atoms. The van der Waals surface area contributed by atoms with Gasteiger partial charge in [0, 0.05) is 6.04 Å². The molecule has 3 rings (SSSR count). The number of carbonyl (C=O) groups is 3. The van der Waals surface area contributed by atoms with Crippen molar-refractivity contribution in [3.63, 3.8) is 0 Å². The molecule has 3 N–H and O–H groups in total. The van der Waals surface area contributed by atoms with Gasteiger partial charge in [0.1, 0.15) is 12.1 Å². The van der Waals surface area contributed by atoms with Crippen molar-refractivity contribution in [1.29, 1.82) is 0 Å². The van der Waals surface area contributed by atoms with Crippen molar-refractivity contribution in [2.75, 3.05) is 0 Å². The quantitative estimate of drug-likeness (QED) is 0.628. The molecule has 1 unspecified atom stereocenters. The lowest BCUT2D eigenvalue weighted by Crippen LogP contribution is -2.55. The summed E-state index contributed by atoms with van der Waals surface area (Å²) >= 11 is 0. The molecule has 1 heterocycles. The molecule has 1 saturated carbocycles. The second-order valence-corrected chi connectivity index (χ2v) is 7.90. The number of hydrogen-bond acceptors (Lipinski definition) is 4. The Morgan fingerprint density at radius 2 is 1.89 bits per heavy atom. The fourth-order valence-corrected chi connectivity index (χ4v) is 4.66. The lowest BCUT2D eigenvalue weighted by molar-refractivity contribution is -0.151. The van der Waals surface area contributed by atoms with Crippen LogP contribution in [0.15, 0.2) is 30.3 Å². The number of rotatable bonds is 8. The van der Waals surface area contributed by atoms with Crippen LogP contribution in [-0.2, 0) is 20.8 Å². The Morgan fingerprint density at radius 1 is 1.18 bits per heavy atom. The summed E-state index contributed by atoms with van der Waals surface area (Å²) in [7, 11) is 0. The zero-order valence-corrected chi connectivity index (χ0v) is 16.1. The van der Waals surface area contributed by atoms with Crippen molar-refractivity contribution >= 4 is 17.8 Å². The van der Waals surface area contributed by atoms with Crippen LogP contribution in [0.5, 0.6) is 0 Å². The first-order chi connectivity index (χ1) is 13.4. The van der Waals surface area contributed by atoms with E-state index in [9.17, 15) is 24.6 Å². The average Bonchev–Trinajstić information content (AvgIpc) is 3.26. The number of aliphatic carboxylic acids is 2. The molecule has 152 valence electrons. The lowest BCUT2D eigenvalue weighted by Gasteiger charge is -2.31. The van der Waals surface area contributed by atoms with Crippen molar-refractivity contribution in [1.82, 2.24) is 10.2 Å². The van der Waals surface area contributed by atoms with Crippen LogP contribution in [-0.4, -0.2) is 57.1 Å². The van der Waals surface area contributed by atoms with E-state index in [1.165, 1.54) is 4.90 Å². The van der Waals surface area contributed by atoms with Crippen molar-refractivity contribution < 1.29 is 24.6 Å². The number of likely N-dealkylation sites (tertiary alicyclic amines) is 1. The van der Waals surface area contributed by atoms with E-state index in [0.29, 0.717) is 19.3 Å². The number of nitrogens with zero attached hydrogens (tertiary/aromatic N) is 1. The van der Waals surface area contributed by atoms with Gasteiger partial charge in [-0.2, -0.15) is 0 Å². The summed E-state index contributed by atoms with van der Waals surface area (Å²) in [4.78, 5) is 37.9. The third-order valence-corrected chi connectivity index (χ3v) is 6.06. The minimum atomic E-state index is -1.01. The number of hydrogen-bond donors (Lipinski definition) is 3. The van der Waals surface area contributed by atoms with Crippen LogP contribution in [0, 0.1) is 5.92 Å². The predicted molar refractivity (Wildman–Crippen MR) is 103 cm³/mol. The predicted octanol–water partition coefficient (Wildman–Crippen LogP) is 1.90. The van der Waals surface area contributed by atoms with E-state index in [1.807, 2.05) is 30.3 Å². The molecule has 1 saturated heterocycles. The van der Waals surface area contributed by atoms with E-state index in [2.05, 4.69) is 5.32 Å². The summed E-state index contributed by atoms with van der Waals surface area (Å²) < 4.78 is 0. The number of fused-ring (bicyclic) bond motifs is 1. The van der Waals surface area contributed by atoms with Gasteiger partial charge in [0.05, 0.1) is 6.04 Å². The van der Waals surface area contributed by atoms with Crippen LogP contribution < -0.4 is 5.32 Å². The molecular weight excluding hydrogens is 360 g/mol. The highest BCUT2D eigenvalue weighted by Gasteiger charge is 2.49. The third kappa shape index (κ3) is 4.35. The number of carboxylic acids is 2. The zero-order valence-electron chi connectivity index (χ0n) is 16.1. The Balaban J connectivity index is 1.65. The summed E-state index contributed by atoms with van der Waals surface area (Å²) in [5.74, 6) is -2.06. The highest BCUT2D eigenvalue weighted by molar-refractivity contribution is 5.88. The van der Waals surface area contributed by atoms with Crippen molar-refractivity contribution in [2.45, 2.75) is 69.6 Å². The molecule has 7 heteroatoms. The largest absolute Gasteiger partial charge is 0.480 e. The van der Waals surface area contributed by atoms with Crippen LogP contribution in [0.25, 0.3) is 0 Å². The number of amides is 1. The fourth-order valence-electron chi connectivity index (χ4n) is 4.66. The fraction of sp³-hybridized carbons (Fsp3) is 0.571. The first-order valence-corrected chi connectivity index (χ1v) is 9.96. The standard InChI is InChI=1S/C21H28N2O5/c1-13(22-16(20(25)26)11-10-14-6-3-2-4-7-14)19(24)23-17-9-5-8-15(17)12-18(23)21(27)28/h2-4,6-7,13,15-18,22H,5,8-12H2,1H3,(H,25,26)(H,27,28)/t13-,15-,16?,17-,18-/m0/s1. The van der Waals surface area contributed by atoms with E-state index in [4.69, 9.17) is 0 Å². The summed E-state index contributed by atoms with van der Waals surface area (Å²) in [5, 5.41) is 22.0. The van der Waals surface area contributed by atoms with Crippen LogP contribution in [0.3, 0.4) is 0 Å². The zero-order chi connectivity index (χ0) is 20.3. The SMILES string of the molecule is C[C@H](NC(CCc1ccccc1)C(=O)O)C(=O)N1[C@H](C(=O)O)C[C@@H]2CCC[C@@H]21. The third-order valence-electron chi connectivity index (χ3n) is 6.06. The van der Waals surface area contributed by atoms with E-state index in [1.54, 1.807) is 6.92 Å². The lowest BCUT2D eigenvalue weighted by atomic mass is 10.0. The summed E-state index contributed by atoms with van der Waals surface area (Å²) in [5.41, 5.74) is 1.04. The summed E-state index contributed by atoms with van der Waals surface area (Å²) in [6, 6.07) is 7.13. The molecule has 0 radical (unpaired) electrons. The first-order valence-electron chi connectivity index (χ1n) is 9.96. The molecule has 1 amide bonds. The molecule has 1 aromatic rings. The second kappa shape index (κ2) is 8.73. The van der Waals surface area contributed by atoms with Gasteiger partial charge < -0.3 is 15.1 Å². The maximum Gasteiger partial charge on any atom is 0.326 e. The molecule has 1 aliphatic carbocycles. The van der Waals surface area contributed by atoms with Gasteiger partial charge in [-0.15, -0.1) is 0 Å². The van der Waals surface area contributed by atoms with Gasteiger partial charge in [0.15, 0.2) is 0 Å². The van der Waals surface area contributed by atoms with Crippen molar-refractivity contribution in [3.05, 3.63) is 35.9 Å². The van der Waals surface area contributed by atoms with Crippen LogP contribution in [0.2, 0.25) is 0 Å². The Bertz CT molecular complexity index is 723. The highest BCUT2D eigenvalue weighted by atomic mass is 16.4. The summed E-state index contributed by atoms with van der Waals surface area (Å²) in [6.45, 7) is 1.63. The Labute approximate surface area is 164 Å². The smallest absolute Gasteiger partial charge is 0.326 e. The average molecular weight is 388 g/mol. The van der Waals surface area contributed by atoms with E-state index in [-0.39, 0.29) is 17.9 Å². The van der Waals surface area contributed by atoms with E-state index in [0.717, 1.165) is 24.8 Å². The Kier molecular flexibility index (Phi) is 6.34. The summed E-state index contributed by atoms with van der Waals surface area (Å²) in [6.07, 6.45) is 4.21. The van der Waals surface area contributed by atoms with Gasteiger partial charge >= 0.3 is 11.9 Å². The highest BCUT2D eigenvalue weighted by Crippen LogP contribution is 2.41. The van der Waals surface area contributed by atoms with Crippen LogP contribution in [0.1, 0.15) is 44.6 Å². The molecule has 7 nitrogen and oxygen atoms in total. The molecule has 1 aliphatic heterocycles. The molecular formula is C21H28N2O5. The number of carbonyl (C=O) groups excluding carboxylic acids is 1. The molecule has 5 atom stereocenters. The number of aryl methyl sites for hydroxylation is 1. The molecule has 0 aromatic heterocycles. The van der Waals surface area contributed by atoms with Gasteiger partial charge in [-0.05, 0) is 50.5 Å². The molecule has 0 bridgehead atoms. The van der Waals surface area contributed by atoms with Gasteiger partial charge in [0.25, 0.3) is 0 Å². The minimum Gasteiger partial charge on any atom is -0.480 e.